The second-order valence-corrected chi connectivity index (χ2v) is 7.46. The van der Waals surface area contributed by atoms with Crippen LogP contribution in [0.4, 0.5) is 13.2 Å². The van der Waals surface area contributed by atoms with Crippen molar-refractivity contribution < 1.29 is 17.9 Å². The summed E-state index contributed by atoms with van der Waals surface area (Å²) in [7, 11) is 0. The van der Waals surface area contributed by atoms with Gasteiger partial charge in [-0.25, -0.2) is 13.2 Å². The Hall–Kier alpha value is -2.49. The van der Waals surface area contributed by atoms with Gasteiger partial charge in [-0.15, -0.1) is 0 Å². The molecule has 0 unspecified atom stereocenters. The average Bonchev–Trinajstić information content (AvgIpc) is 2.72. The van der Waals surface area contributed by atoms with Crippen LogP contribution in [0.1, 0.15) is 62.1 Å². The second kappa shape index (κ2) is 9.82. The summed E-state index contributed by atoms with van der Waals surface area (Å²) in [6.45, 7) is 4.15. The van der Waals surface area contributed by atoms with E-state index < -0.39 is 11.6 Å². The Morgan fingerprint density at radius 2 is 1.59 bits per heavy atom. The first-order valence-corrected chi connectivity index (χ1v) is 10.2. The Labute approximate surface area is 170 Å². The van der Waals surface area contributed by atoms with Gasteiger partial charge in [0.25, 0.3) is 0 Å². The summed E-state index contributed by atoms with van der Waals surface area (Å²) in [6, 6.07) is 8.29. The first-order valence-electron chi connectivity index (χ1n) is 10.2. The Bertz CT molecular complexity index is 893. The van der Waals surface area contributed by atoms with Gasteiger partial charge in [0.1, 0.15) is 11.6 Å². The van der Waals surface area contributed by atoms with Crippen LogP contribution in [0.5, 0.6) is 5.75 Å². The monoisotopic (exact) mass is 400 g/mol. The van der Waals surface area contributed by atoms with Gasteiger partial charge in [0.05, 0.1) is 6.61 Å². The largest absolute Gasteiger partial charge is 0.494 e. The fourth-order valence-corrected chi connectivity index (χ4v) is 3.97. The van der Waals surface area contributed by atoms with E-state index in [-0.39, 0.29) is 28.8 Å². The van der Waals surface area contributed by atoms with Gasteiger partial charge >= 0.3 is 0 Å². The molecule has 1 nitrogen and oxygen atoms in total. The summed E-state index contributed by atoms with van der Waals surface area (Å²) in [5, 5.41) is 0. The predicted molar refractivity (Wildman–Crippen MR) is 112 cm³/mol. The molecule has 154 valence electrons. The number of halogens is 3. The normalized spacial score (nSPS) is 19.9. The highest BCUT2D eigenvalue weighted by Gasteiger charge is 2.23. The van der Waals surface area contributed by atoms with Crippen molar-refractivity contribution in [1.82, 2.24) is 0 Å². The van der Waals surface area contributed by atoms with Crippen LogP contribution in [-0.2, 0) is 0 Å². The summed E-state index contributed by atoms with van der Waals surface area (Å²) in [5.74, 6) is -0.824. The first kappa shape index (κ1) is 21.2. The van der Waals surface area contributed by atoms with Crippen molar-refractivity contribution in [2.75, 3.05) is 6.61 Å². The highest BCUT2D eigenvalue weighted by Crippen LogP contribution is 2.38. The van der Waals surface area contributed by atoms with Gasteiger partial charge in [-0.2, -0.15) is 0 Å². The molecule has 0 radical (unpaired) electrons. The molecule has 3 rings (SSSR count). The Morgan fingerprint density at radius 1 is 0.931 bits per heavy atom. The Kier molecular flexibility index (Phi) is 7.18. The van der Waals surface area contributed by atoms with Crippen LogP contribution in [0.25, 0.3) is 12.2 Å². The number of benzene rings is 2. The lowest BCUT2D eigenvalue weighted by Crippen LogP contribution is -2.13. The van der Waals surface area contributed by atoms with Gasteiger partial charge in [0.15, 0.2) is 11.6 Å². The topological polar surface area (TPSA) is 9.23 Å². The smallest absolute Gasteiger partial charge is 0.166 e. The van der Waals surface area contributed by atoms with Crippen molar-refractivity contribution in [3.63, 3.8) is 0 Å². The summed E-state index contributed by atoms with van der Waals surface area (Å²) in [5.41, 5.74) is 1.25. The van der Waals surface area contributed by atoms with Crippen LogP contribution < -0.4 is 4.74 Å². The molecule has 4 heteroatoms. The first-order chi connectivity index (χ1) is 14.0. The Morgan fingerprint density at radius 3 is 2.17 bits per heavy atom. The molecule has 0 bridgehead atoms. The molecule has 0 saturated heterocycles. The molecule has 29 heavy (non-hydrogen) atoms. The van der Waals surface area contributed by atoms with Crippen molar-refractivity contribution >= 4 is 12.2 Å². The van der Waals surface area contributed by atoms with E-state index >= 15 is 0 Å². The van der Waals surface area contributed by atoms with Crippen LogP contribution in [0.3, 0.4) is 0 Å². The minimum Gasteiger partial charge on any atom is -0.494 e. The molecule has 1 fully saturated rings. The van der Waals surface area contributed by atoms with Crippen molar-refractivity contribution in [2.45, 2.75) is 45.4 Å². The lowest BCUT2D eigenvalue weighted by Gasteiger charge is -2.27. The van der Waals surface area contributed by atoms with E-state index in [0.717, 1.165) is 31.2 Å². The van der Waals surface area contributed by atoms with E-state index in [1.165, 1.54) is 6.07 Å². The van der Waals surface area contributed by atoms with Crippen LogP contribution in [0.15, 0.2) is 42.5 Å². The zero-order chi connectivity index (χ0) is 20.8. The van der Waals surface area contributed by atoms with Gasteiger partial charge in [-0.05, 0) is 63.0 Å². The molecule has 0 spiro atoms. The number of hydrogen-bond acceptors (Lipinski definition) is 1. The molecular weight excluding hydrogens is 373 g/mol. The predicted octanol–water partition coefficient (Wildman–Crippen LogP) is 7.52. The number of hydrogen-bond donors (Lipinski definition) is 0. The van der Waals surface area contributed by atoms with Crippen LogP contribution in [0.2, 0.25) is 0 Å². The highest BCUT2D eigenvalue weighted by molar-refractivity contribution is 5.57. The zero-order valence-corrected chi connectivity index (χ0v) is 16.9. The molecule has 0 atom stereocenters. The third kappa shape index (κ3) is 5.11. The van der Waals surface area contributed by atoms with Crippen LogP contribution in [0, 0.1) is 23.4 Å². The van der Waals surface area contributed by atoms with E-state index in [4.69, 9.17) is 4.74 Å². The molecule has 1 aliphatic rings. The van der Waals surface area contributed by atoms with E-state index in [1.807, 2.05) is 25.1 Å². The maximum Gasteiger partial charge on any atom is 0.166 e. The van der Waals surface area contributed by atoms with Gasteiger partial charge in [0, 0.05) is 17.2 Å². The van der Waals surface area contributed by atoms with E-state index in [1.54, 1.807) is 37.3 Å². The highest BCUT2D eigenvalue weighted by atomic mass is 19.2. The van der Waals surface area contributed by atoms with Crippen LogP contribution >= 0.6 is 0 Å². The molecule has 0 amide bonds. The average molecular weight is 400 g/mol. The van der Waals surface area contributed by atoms with Crippen molar-refractivity contribution in [2.24, 2.45) is 5.92 Å². The lowest BCUT2D eigenvalue weighted by molar-refractivity contribution is 0.336. The number of rotatable bonds is 6. The van der Waals surface area contributed by atoms with Crippen molar-refractivity contribution in [1.29, 1.82) is 0 Å². The van der Waals surface area contributed by atoms with Gasteiger partial charge in [-0.1, -0.05) is 42.5 Å². The summed E-state index contributed by atoms with van der Waals surface area (Å²) in [4.78, 5) is 0. The maximum atomic E-state index is 14.4. The van der Waals surface area contributed by atoms with Crippen LogP contribution in [-0.4, -0.2) is 6.61 Å². The maximum absolute atomic E-state index is 14.4. The quantitative estimate of drug-likeness (QED) is 0.487. The standard InChI is InChI=1S/C25H27F3O/c1-3-5-19-12-13-20(25(28)24(19)27)11-8-17-6-9-18(10-7-17)22-15-14-21(29-4-2)16-23(22)26/h3,5,8,11-18H,4,6-7,9-10H2,1-2H3/b5-3+,11-8+. The summed E-state index contributed by atoms with van der Waals surface area (Å²) in [6.07, 6.45) is 10.4. The van der Waals surface area contributed by atoms with Gasteiger partial charge in [-0.3, -0.25) is 0 Å². The van der Waals surface area contributed by atoms with Gasteiger partial charge < -0.3 is 4.74 Å². The van der Waals surface area contributed by atoms with E-state index in [0.29, 0.717) is 12.4 Å². The minimum absolute atomic E-state index is 0.185. The van der Waals surface area contributed by atoms with Crippen molar-refractivity contribution in [3.8, 4) is 5.75 Å². The molecule has 2 aromatic rings. The Balaban J connectivity index is 1.62. The third-order valence-electron chi connectivity index (χ3n) is 5.53. The van der Waals surface area contributed by atoms with Crippen molar-refractivity contribution in [3.05, 3.63) is 76.6 Å². The lowest BCUT2D eigenvalue weighted by atomic mass is 9.78. The van der Waals surface area contributed by atoms with E-state index in [9.17, 15) is 13.2 Å². The molecule has 0 aromatic heterocycles. The molecule has 0 N–H and O–H groups in total. The molecule has 0 aliphatic heterocycles. The minimum atomic E-state index is -0.820. The molecule has 0 heterocycles. The molecule has 1 aliphatic carbocycles. The van der Waals surface area contributed by atoms with Gasteiger partial charge in [0.2, 0.25) is 0 Å². The fourth-order valence-electron chi connectivity index (χ4n) is 3.97. The SMILES string of the molecule is C/C=C/c1ccc(/C=C/C2CCC(c3ccc(OCC)cc3F)CC2)c(F)c1F. The molecule has 2 aromatic carbocycles. The fraction of sp³-hybridized carbons (Fsp3) is 0.360. The summed E-state index contributed by atoms with van der Waals surface area (Å²) < 4.78 is 48.1. The second-order valence-electron chi connectivity index (χ2n) is 7.46. The molecular formula is C25H27F3O. The third-order valence-corrected chi connectivity index (χ3v) is 5.53. The number of ether oxygens (including phenoxy) is 1. The molecule has 1 saturated carbocycles. The zero-order valence-electron chi connectivity index (χ0n) is 16.9. The summed E-state index contributed by atoms with van der Waals surface area (Å²) >= 11 is 0. The number of allylic oxidation sites excluding steroid dienone is 2. The van der Waals surface area contributed by atoms with E-state index in [2.05, 4.69) is 0 Å².